The molecule has 0 aliphatic rings. The van der Waals surface area contributed by atoms with Gasteiger partial charge in [-0.25, -0.2) is 0 Å². The van der Waals surface area contributed by atoms with E-state index in [9.17, 15) is 4.79 Å². The van der Waals surface area contributed by atoms with Crippen molar-refractivity contribution in [1.82, 2.24) is 10.2 Å². The van der Waals surface area contributed by atoms with Crippen molar-refractivity contribution in [1.29, 1.82) is 0 Å². The van der Waals surface area contributed by atoms with Crippen LogP contribution in [0.5, 0.6) is 0 Å². The first-order valence-electron chi connectivity index (χ1n) is 7.71. The molecule has 2 aromatic carbocycles. The molecule has 0 fully saturated rings. The highest BCUT2D eigenvalue weighted by Gasteiger charge is 2.13. The molecule has 0 bridgehead atoms. The van der Waals surface area contributed by atoms with E-state index >= 15 is 0 Å². The predicted molar refractivity (Wildman–Crippen MR) is 110 cm³/mol. The zero-order chi connectivity index (χ0) is 18.7. The number of hydrogen-bond acceptors (Lipinski definition) is 5. The van der Waals surface area contributed by atoms with Gasteiger partial charge in [0.25, 0.3) is 5.22 Å². The summed E-state index contributed by atoms with van der Waals surface area (Å²) in [5, 5.41) is 11.3. The molecule has 0 aliphatic carbocycles. The number of amides is 1. The minimum Gasteiger partial charge on any atom is -0.411 e. The third-order valence-corrected chi connectivity index (χ3v) is 5.39. The van der Waals surface area contributed by atoms with Gasteiger partial charge in [0.1, 0.15) is 0 Å². The monoisotopic (exact) mass is 495 g/mol. The summed E-state index contributed by atoms with van der Waals surface area (Å²) in [5.41, 5.74) is 3.68. The fraction of sp³-hybridized carbons (Fsp3) is 0.167. The van der Waals surface area contributed by atoms with E-state index < -0.39 is 0 Å². The first-order valence-corrected chi connectivity index (χ1v) is 10.3. The van der Waals surface area contributed by atoms with Gasteiger partial charge in [0.15, 0.2) is 0 Å². The van der Waals surface area contributed by atoms with E-state index in [0.717, 1.165) is 31.3 Å². The van der Waals surface area contributed by atoms with Crippen LogP contribution in [0.25, 0.3) is 11.5 Å². The average molecular weight is 497 g/mol. The molecule has 1 amide bonds. The van der Waals surface area contributed by atoms with E-state index in [0.29, 0.717) is 11.1 Å². The minimum absolute atomic E-state index is 0.119. The summed E-state index contributed by atoms with van der Waals surface area (Å²) in [4.78, 5) is 12.3. The molecule has 0 spiro atoms. The lowest BCUT2D eigenvalue weighted by atomic mass is 10.1. The molecule has 1 N–H and O–H groups in total. The van der Waals surface area contributed by atoms with Gasteiger partial charge >= 0.3 is 0 Å². The minimum atomic E-state index is -0.119. The van der Waals surface area contributed by atoms with E-state index in [4.69, 9.17) is 4.42 Å². The number of aromatic nitrogens is 2. The third kappa shape index (κ3) is 4.75. The zero-order valence-electron chi connectivity index (χ0n) is 14.0. The number of nitrogens with zero attached hydrogens (tertiary/aromatic N) is 2. The van der Waals surface area contributed by atoms with E-state index in [1.807, 2.05) is 50.2 Å². The fourth-order valence-electron chi connectivity index (χ4n) is 2.39. The molecule has 134 valence electrons. The number of thioether (sulfide) groups is 1. The number of carbonyl (C=O) groups excluding carboxylic acids is 1. The van der Waals surface area contributed by atoms with Crippen LogP contribution in [0.4, 0.5) is 5.69 Å². The number of nitrogens with one attached hydrogen (secondary N) is 1. The van der Waals surface area contributed by atoms with E-state index in [1.165, 1.54) is 11.8 Å². The van der Waals surface area contributed by atoms with Crippen molar-refractivity contribution < 1.29 is 9.21 Å². The van der Waals surface area contributed by atoms with Crippen LogP contribution >= 0.6 is 43.6 Å². The van der Waals surface area contributed by atoms with E-state index in [1.54, 1.807) is 0 Å². The predicted octanol–water partition coefficient (Wildman–Crippen LogP) is 5.61. The second-order valence-electron chi connectivity index (χ2n) is 5.63. The van der Waals surface area contributed by atoms with Gasteiger partial charge in [0, 0.05) is 20.2 Å². The summed E-state index contributed by atoms with van der Waals surface area (Å²) in [5.74, 6) is 0.503. The number of hydrogen-bond donors (Lipinski definition) is 1. The van der Waals surface area contributed by atoms with E-state index in [-0.39, 0.29) is 11.7 Å². The summed E-state index contributed by atoms with van der Waals surface area (Å²) in [6.45, 7) is 3.92. The van der Waals surface area contributed by atoms with Gasteiger partial charge in [-0.3, -0.25) is 4.79 Å². The molecule has 5 nitrogen and oxygen atoms in total. The molecule has 0 saturated heterocycles. The molecule has 1 aromatic heterocycles. The number of anilines is 1. The van der Waals surface area contributed by atoms with Crippen LogP contribution in [0, 0.1) is 13.8 Å². The molecule has 3 aromatic rings. The first kappa shape index (κ1) is 19.1. The van der Waals surface area contributed by atoms with Gasteiger partial charge in [0.2, 0.25) is 11.8 Å². The lowest BCUT2D eigenvalue weighted by molar-refractivity contribution is -0.113. The molecule has 8 heteroatoms. The lowest BCUT2D eigenvalue weighted by Gasteiger charge is -2.11. The molecule has 0 unspecified atom stereocenters. The van der Waals surface area contributed by atoms with Crippen molar-refractivity contribution >= 4 is 55.2 Å². The Morgan fingerprint density at radius 2 is 1.73 bits per heavy atom. The normalized spacial score (nSPS) is 10.8. The molecular weight excluding hydrogens is 482 g/mol. The van der Waals surface area contributed by atoms with Gasteiger partial charge < -0.3 is 9.73 Å². The van der Waals surface area contributed by atoms with Crippen molar-refractivity contribution in [2.24, 2.45) is 0 Å². The Labute approximate surface area is 172 Å². The van der Waals surface area contributed by atoms with Crippen LogP contribution in [0.3, 0.4) is 0 Å². The summed E-state index contributed by atoms with van der Waals surface area (Å²) >= 11 is 8.05. The van der Waals surface area contributed by atoms with Crippen LogP contribution in [-0.2, 0) is 4.79 Å². The van der Waals surface area contributed by atoms with Crippen LogP contribution < -0.4 is 5.32 Å². The Bertz CT molecular complexity index is 919. The smallest absolute Gasteiger partial charge is 0.277 e. The quantitative estimate of drug-likeness (QED) is 0.465. The first-order chi connectivity index (χ1) is 12.4. The van der Waals surface area contributed by atoms with Gasteiger partial charge in [-0.2, -0.15) is 0 Å². The maximum absolute atomic E-state index is 12.3. The number of benzene rings is 2. The van der Waals surface area contributed by atoms with Gasteiger partial charge in [-0.1, -0.05) is 43.6 Å². The summed E-state index contributed by atoms with van der Waals surface area (Å²) in [6.07, 6.45) is 0. The number of aryl methyl sites for hydroxylation is 2. The van der Waals surface area contributed by atoms with Gasteiger partial charge in [-0.15, -0.1) is 10.2 Å². The number of halogens is 2. The SMILES string of the molecule is Cc1cc(Br)cc(C)c1NC(=O)CSc1nnc(-c2ccc(Br)cc2)o1. The molecule has 3 rings (SSSR count). The maximum Gasteiger partial charge on any atom is 0.277 e. The highest BCUT2D eigenvalue weighted by molar-refractivity contribution is 9.10. The van der Waals surface area contributed by atoms with Crippen molar-refractivity contribution in [2.75, 3.05) is 11.1 Å². The molecule has 0 atom stereocenters. The fourth-order valence-corrected chi connectivity index (χ4v) is 3.90. The topological polar surface area (TPSA) is 68.0 Å². The van der Waals surface area contributed by atoms with Gasteiger partial charge in [-0.05, 0) is 61.4 Å². The summed E-state index contributed by atoms with van der Waals surface area (Å²) < 4.78 is 7.58. The standard InChI is InChI=1S/C18H15Br2N3O2S/c1-10-7-14(20)8-11(2)16(10)21-15(24)9-26-18-23-22-17(25-18)12-3-5-13(19)6-4-12/h3-8H,9H2,1-2H3,(H,21,24). The molecule has 0 aliphatic heterocycles. The van der Waals surface area contributed by atoms with Crippen molar-refractivity contribution in [3.8, 4) is 11.5 Å². The van der Waals surface area contributed by atoms with Gasteiger partial charge in [0.05, 0.1) is 5.75 Å². The molecular formula is C18H15Br2N3O2S. The summed E-state index contributed by atoms with van der Waals surface area (Å²) in [6, 6.07) is 11.5. The molecule has 1 heterocycles. The van der Waals surface area contributed by atoms with Crippen LogP contribution in [-0.4, -0.2) is 21.9 Å². The third-order valence-electron chi connectivity index (χ3n) is 3.59. The Balaban J connectivity index is 1.61. The van der Waals surface area contributed by atoms with Crippen LogP contribution in [0.1, 0.15) is 11.1 Å². The second kappa shape index (κ2) is 8.37. The maximum atomic E-state index is 12.3. The van der Waals surface area contributed by atoms with Crippen molar-refractivity contribution in [3.05, 3.63) is 56.5 Å². The molecule has 0 saturated carbocycles. The van der Waals surface area contributed by atoms with Crippen molar-refractivity contribution in [2.45, 2.75) is 19.1 Å². The number of carbonyl (C=O) groups is 1. The Hall–Kier alpha value is -1.64. The lowest BCUT2D eigenvalue weighted by Crippen LogP contribution is -2.15. The zero-order valence-corrected chi connectivity index (χ0v) is 18.0. The van der Waals surface area contributed by atoms with E-state index in [2.05, 4.69) is 47.4 Å². The second-order valence-corrected chi connectivity index (χ2v) is 8.39. The highest BCUT2D eigenvalue weighted by atomic mass is 79.9. The Morgan fingerprint density at radius 3 is 2.38 bits per heavy atom. The van der Waals surface area contributed by atoms with Crippen LogP contribution in [0.15, 0.2) is 55.0 Å². The highest BCUT2D eigenvalue weighted by Crippen LogP contribution is 2.27. The Morgan fingerprint density at radius 1 is 1.08 bits per heavy atom. The number of rotatable bonds is 5. The summed E-state index contributed by atoms with van der Waals surface area (Å²) in [7, 11) is 0. The Kier molecular flexibility index (Phi) is 6.16. The van der Waals surface area contributed by atoms with Crippen LogP contribution in [0.2, 0.25) is 0 Å². The average Bonchev–Trinajstić information content (AvgIpc) is 3.06. The molecule has 26 heavy (non-hydrogen) atoms. The molecule has 0 radical (unpaired) electrons. The largest absolute Gasteiger partial charge is 0.411 e. The van der Waals surface area contributed by atoms with Crippen molar-refractivity contribution in [3.63, 3.8) is 0 Å².